The monoisotopic (exact) mass is 440 g/mol. The largest absolute Gasteiger partial charge is 0.494 e. The first kappa shape index (κ1) is 21.0. The van der Waals surface area contributed by atoms with Crippen LogP contribution in [0.4, 0.5) is 11.4 Å². The number of amides is 1. The lowest BCUT2D eigenvalue weighted by molar-refractivity contribution is 0.0958. The minimum atomic E-state index is -0.392. The number of carbonyl (C=O) groups excluding carboxylic acids is 1. The highest BCUT2D eigenvalue weighted by Gasteiger charge is 2.20. The summed E-state index contributed by atoms with van der Waals surface area (Å²) in [5.41, 5.74) is 2.87. The van der Waals surface area contributed by atoms with Crippen LogP contribution in [0.5, 0.6) is 5.75 Å². The number of benzene rings is 1. The van der Waals surface area contributed by atoms with E-state index in [2.05, 4.69) is 30.8 Å². The van der Waals surface area contributed by atoms with Crippen LogP contribution in [0.1, 0.15) is 28.4 Å². The summed E-state index contributed by atoms with van der Waals surface area (Å²) in [4.78, 5) is 21.2. The van der Waals surface area contributed by atoms with Gasteiger partial charge in [-0.3, -0.25) is 4.79 Å². The van der Waals surface area contributed by atoms with Crippen molar-refractivity contribution in [1.82, 2.24) is 25.5 Å². The molecule has 0 bridgehead atoms. The molecule has 9 nitrogen and oxygen atoms in total. The van der Waals surface area contributed by atoms with Gasteiger partial charge in [0, 0.05) is 38.0 Å². The predicted octanol–water partition coefficient (Wildman–Crippen LogP) is 3.20. The van der Waals surface area contributed by atoms with Crippen molar-refractivity contribution >= 4 is 28.9 Å². The number of nitrogens with one attached hydrogen (secondary N) is 2. The number of carbonyl (C=O) groups is 1. The van der Waals surface area contributed by atoms with Gasteiger partial charge in [-0.2, -0.15) is 0 Å². The predicted molar refractivity (Wildman–Crippen MR) is 116 cm³/mol. The van der Waals surface area contributed by atoms with E-state index in [0.29, 0.717) is 41.0 Å². The van der Waals surface area contributed by atoms with Crippen LogP contribution in [-0.4, -0.2) is 53.4 Å². The van der Waals surface area contributed by atoms with E-state index in [1.54, 1.807) is 7.11 Å². The summed E-state index contributed by atoms with van der Waals surface area (Å²) in [6.07, 6.45) is 4.64. The molecular formula is C21H21ClN6O3. The van der Waals surface area contributed by atoms with Gasteiger partial charge >= 0.3 is 0 Å². The van der Waals surface area contributed by atoms with Crippen molar-refractivity contribution in [3.8, 4) is 17.1 Å². The van der Waals surface area contributed by atoms with Crippen LogP contribution < -0.4 is 15.4 Å². The summed E-state index contributed by atoms with van der Waals surface area (Å²) < 4.78 is 11.1. The Morgan fingerprint density at radius 2 is 2.03 bits per heavy atom. The molecule has 1 unspecified atom stereocenters. The molecule has 1 saturated heterocycles. The van der Waals surface area contributed by atoms with Crippen LogP contribution in [0, 0.1) is 0 Å². The SMILES string of the molecule is CNC(=O)c1nnc(Cl)cc1Nc1cccc(-c2ncc(C3CCOC3)cn2)c1OC. The molecule has 31 heavy (non-hydrogen) atoms. The molecule has 0 saturated carbocycles. The lowest BCUT2D eigenvalue weighted by Crippen LogP contribution is -2.21. The molecule has 3 heterocycles. The number of para-hydroxylation sites is 1. The van der Waals surface area contributed by atoms with Crippen LogP contribution in [0.2, 0.25) is 5.15 Å². The van der Waals surface area contributed by atoms with E-state index < -0.39 is 5.91 Å². The lowest BCUT2D eigenvalue weighted by Gasteiger charge is -2.16. The van der Waals surface area contributed by atoms with E-state index in [1.807, 2.05) is 30.6 Å². The van der Waals surface area contributed by atoms with Crippen molar-refractivity contribution in [2.45, 2.75) is 12.3 Å². The number of ether oxygens (including phenoxy) is 2. The molecule has 10 heteroatoms. The number of hydrogen-bond donors (Lipinski definition) is 2. The second-order valence-electron chi connectivity index (χ2n) is 6.92. The number of rotatable bonds is 6. The Kier molecular flexibility index (Phi) is 6.24. The first-order valence-corrected chi connectivity index (χ1v) is 10.1. The van der Waals surface area contributed by atoms with E-state index in [4.69, 9.17) is 21.1 Å². The highest BCUT2D eigenvalue weighted by Crippen LogP contribution is 2.37. The Balaban J connectivity index is 1.68. The number of methoxy groups -OCH3 is 1. The zero-order valence-electron chi connectivity index (χ0n) is 17.1. The van der Waals surface area contributed by atoms with Gasteiger partial charge < -0.3 is 20.1 Å². The van der Waals surface area contributed by atoms with Gasteiger partial charge in [0.1, 0.15) is 0 Å². The summed E-state index contributed by atoms with van der Waals surface area (Å²) in [6.45, 7) is 1.46. The molecule has 4 rings (SSSR count). The molecule has 3 aromatic rings. The molecule has 1 aromatic carbocycles. The fourth-order valence-corrected chi connectivity index (χ4v) is 3.56. The van der Waals surface area contributed by atoms with E-state index in [0.717, 1.165) is 18.6 Å². The zero-order chi connectivity index (χ0) is 21.8. The van der Waals surface area contributed by atoms with Crippen molar-refractivity contribution < 1.29 is 14.3 Å². The second kappa shape index (κ2) is 9.23. The molecule has 1 fully saturated rings. The van der Waals surface area contributed by atoms with E-state index in [-0.39, 0.29) is 10.8 Å². The van der Waals surface area contributed by atoms with Gasteiger partial charge in [-0.15, -0.1) is 10.2 Å². The van der Waals surface area contributed by atoms with Crippen molar-refractivity contribution in [3.63, 3.8) is 0 Å². The molecule has 1 atom stereocenters. The van der Waals surface area contributed by atoms with Gasteiger partial charge in [-0.1, -0.05) is 17.7 Å². The molecule has 2 aromatic heterocycles. The summed E-state index contributed by atoms with van der Waals surface area (Å²) in [7, 11) is 3.08. The summed E-state index contributed by atoms with van der Waals surface area (Å²) >= 11 is 5.99. The third kappa shape index (κ3) is 4.42. The second-order valence-corrected chi connectivity index (χ2v) is 7.31. The molecule has 1 amide bonds. The highest BCUT2D eigenvalue weighted by molar-refractivity contribution is 6.29. The van der Waals surface area contributed by atoms with Crippen LogP contribution in [0.25, 0.3) is 11.4 Å². The van der Waals surface area contributed by atoms with Gasteiger partial charge in [0.15, 0.2) is 22.4 Å². The summed E-state index contributed by atoms with van der Waals surface area (Å²) in [5, 5.41) is 13.5. The fraction of sp³-hybridized carbons (Fsp3) is 0.286. The smallest absolute Gasteiger partial charge is 0.273 e. The molecule has 0 spiro atoms. The van der Waals surface area contributed by atoms with Crippen LogP contribution in [0.3, 0.4) is 0 Å². The van der Waals surface area contributed by atoms with E-state index in [1.165, 1.54) is 13.1 Å². The van der Waals surface area contributed by atoms with Crippen molar-refractivity contribution in [1.29, 1.82) is 0 Å². The van der Waals surface area contributed by atoms with Gasteiger partial charge in [0.25, 0.3) is 5.91 Å². The minimum Gasteiger partial charge on any atom is -0.494 e. The zero-order valence-corrected chi connectivity index (χ0v) is 17.8. The number of aromatic nitrogens is 4. The highest BCUT2D eigenvalue weighted by atomic mass is 35.5. The van der Waals surface area contributed by atoms with Gasteiger partial charge in [-0.25, -0.2) is 9.97 Å². The average molecular weight is 441 g/mol. The van der Waals surface area contributed by atoms with E-state index >= 15 is 0 Å². The molecular weight excluding hydrogens is 420 g/mol. The molecule has 0 aliphatic carbocycles. The standard InChI is InChI=1S/C21H21ClN6O3/c1-23-21(29)18-16(8-17(22)27-28-18)26-15-5-3-4-14(19(15)30-2)20-24-9-13(10-25-20)12-6-7-31-11-12/h3-5,8-10,12H,6-7,11H2,1-2H3,(H,23,29)(H,26,27). The van der Waals surface area contributed by atoms with Crippen molar-refractivity contribution in [2.75, 3.05) is 32.7 Å². The molecule has 0 radical (unpaired) electrons. The Bertz CT molecular complexity index is 1090. The number of halogens is 1. The topological polar surface area (TPSA) is 111 Å². The van der Waals surface area contributed by atoms with E-state index in [9.17, 15) is 4.79 Å². The normalized spacial score (nSPS) is 15.5. The lowest BCUT2D eigenvalue weighted by atomic mass is 10.0. The summed E-state index contributed by atoms with van der Waals surface area (Å²) in [5.74, 6) is 0.989. The first-order chi connectivity index (χ1) is 15.1. The van der Waals surface area contributed by atoms with Gasteiger partial charge in [0.05, 0.1) is 30.7 Å². The minimum absolute atomic E-state index is 0.110. The summed E-state index contributed by atoms with van der Waals surface area (Å²) in [6, 6.07) is 7.06. The Morgan fingerprint density at radius 3 is 2.71 bits per heavy atom. The van der Waals surface area contributed by atoms with Crippen molar-refractivity contribution in [2.24, 2.45) is 0 Å². The average Bonchev–Trinajstić information content (AvgIpc) is 3.34. The molecule has 160 valence electrons. The fourth-order valence-electron chi connectivity index (χ4n) is 3.41. The Hall–Kier alpha value is -3.30. The molecule has 2 N–H and O–H groups in total. The Labute approximate surface area is 184 Å². The van der Waals surface area contributed by atoms with Crippen LogP contribution >= 0.6 is 11.6 Å². The maximum atomic E-state index is 12.2. The third-order valence-corrected chi connectivity index (χ3v) is 5.19. The van der Waals surface area contributed by atoms with Gasteiger partial charge in [-0.05, 0) is 24.1 Å². The third-order valence-electron chi connectivity index (χ3n) is 5.01. The van der Waals surface area contributed by atoms with Crippen LogP contribution in [0.15, 0.2) is 36.7 Å². The quantitative estimate of drug-likeness (QED) is 0.601. The van der Waals surface area contributed by atoms with Gasteiger partial charge in [0.2, 0.25) is 0 Å². The maximum Gasteiger partial charge on any atom is 0.273 e. The van der Waals surface area contributed by atoms with Crippen LogP contribution in [-0.2, 0) is 4.74 Å². The number of hydrogen-bond acceptors (Lipinski definition) is 8. The maximum absolute atomic E-state index is 12.2. The van der Waals surface area contributed by atoms with Crippen molar-refractivity contribution in [3.05, 3.63) is 53.1 Å². The number of nitrogens with zero attached hydrogens (tertiary/aromatic N) is 4. The molecule has 1 aliphatic heterocycles. The first-order valence-electron chi connectivity index (χ1n) is 9.70. The Morgan fingerprint density at radius 1 is 1.23 bits per heavy atom. The molecule has 1 aliphatic rings. The number of anilines is 2.